The largest absolute Gasteiger partial charge is 0.398 e. The number of sulfonamides is 1. The normalized spacial score (nSPS) is 13.6. The highest BCUT2D eigenvalue weighted by Crippen LogP contribution is 2.27. The van der Waals surface area contributed by atoms with Gasteiger partial charge in [-0.2, -0.15) is 0 Å². The Labute approximate surface area is 115 Å². The summed E-state index contributed by atoms with van der Waals surface area (Å²) in [4.78, 5) is 1.02. The molecular formula is C11H14N2O2S3. The summed E-state index contributed by atoms with van der Waals surface area (Å²) in [5.41, 5.74) is 6.03. The molecule has 0 amide bonds. The number of nitrogens with two attached hydrogens (primary N) is 1. The molecular weight excluding hydrogens is 288 g/mol. The van der Waals surface area contributed by atoms with Gasteiger partial charge in [0, 0.05) is 15.9 Å². The number of nitrogen functional groups attached to an aromatic ring is 1. The minimum absolute atomic E-state index is 0.182. The minimum atomic E-state index is -3.48. The first-order valence-electron chi connectivity index (χ1n) is 5.42. The molecule has 0 aliphatic rings. The second-order valence-corrected chi connectivity index (χ2v) is 7.63. The van der Waals surface area contributed by atoms with Crippen LogP contribution >= 0.6 is 22.7 Å². The van der Waals surface area contributed by atoms with Crippen molar-refractivity contribution in [2.75, 3.05) is 5.73 Å². The van der Waals surface area contributed by atoms with Gasteiger partial charge in [-0.25, -0.2) is 13.1 Å². The first-order valence-corrected chi connectivity index (χ1v) is 8.67. The van der Waals surface area contributed by atoms with E-state index >= 15 is 0 Å². The minimum Gasteiger partial charge on any atom is -0.398 e. The molecule has 0 aliphatic heterocycles. The molecule has 1 atom stereocenters. The molecule has 18 heavy (non-hydrogen) atoms. The molecule has 0 aromatic carbocycles. The highest BCUT2D eigenvalue weighted by Gasteiger charge is 2.22. The van der Waals surface area contributed by atoms with Gasteiger partial charge in [0.1, 0.15) is 4.21 Å². The van der Waals surface area contributed by atoms with E-state index in [2.05, 4.69) is 4.72 Å². The van der Waals surface area contributed by atoms with Gasteiger partial charge in [0.25, 0.3) is 10.0 Å². The SMILES string of the molecule is CCC(NS(=O)(=O)c1cc(N)cs1)c1cccs1. The molecule has 0 saturated heterocycles. The maximum Gasteiger partial charge on any atom is 0.250 e. The van der Waals surface area contributed by atoms with Crippen molar-refractivity contribution >= 4 is 38.4 Å². The van der Waals surface area contributed by atoms with Gasteiger partial charge < -0.3 is 5.73 Å². The summed E-state index contributed by atoms with van der Waals surface area (Å²) in [5.74, 6) is 0. The fourth-order valence-corrected chi connectivity index (χ4v) is 4.88. The molecule has 1 unspecified atom stereocenters. The maximum absolute atomic E-state index is 12.2. The van der Waals surface area contributed by atoms with E-state index < -0.39 is 10.0 Å². The summed E-state index contributed by atoms with van der Waals surface area (Å²) < 4.78 is 27.3. The highest BCUT2D eigenvalue weighted by atomic mass is 32.2. The van der Waals surface area contributed by atoms with Crippen molar-refractivity contribution in [2.24, 2.45) is 0 Å². The number of hydrogen-bond donors (Lipinski definition) is 2. The van der Waals surface area contributed by atoms with Gasteiger partial charge in [0.2, 0.25) is 0 Å². The zero-order valence-corrected chi connectivity index (χ0v) is 12.2. The van der Waals surface area contributed by atoms with Crippen LogP contribution < -0.4 is 10.5 Å². The molecule has 2 heterocycles. The van der Waals surface area contributed by atoms with E-state index in [-0.39, 0.29) is 10.3 Å². The average molecular weight is 302 g/mol. The summed E-state index contributed by atoms with van der Waals surface area (Å²) in [6.07, 6.45) is 0.709. The van der Waals surface area contributed by atoms with Crippen molar-refractivity contribution in [2.45, 2.75) is 23.6 Å². The third-order valence-electron chi connectivity index (χ3n) is 2.45. The Kier molecular flexibility index (Phi) is 4.06. The monoisotopic (exact) mass is 302 g/mol. The Morgan fingerprint density at radius 2 is 2.22 bits per heavy atom. The zero-order valence-electron chi connectivity index (χ0n) is 9.79. The Hall–Kier alpha value is -0.890. The van der Waals surface area contributed by atoms with Crippen LogP contribution in [-0.2, 0) is 10.0 Å². The molecule has 0 radical (unpaired) electrons. The van der Waals surface area contributed by atoms with Crippen molar-refractivity contribution in [3.63, 3.8) is 0 Å². The van der Waals surface area contributed by atoms with Crippen LogP contribution in [0.5, 0.6) is 0 Å². The standard InChI is InChI=1S/C11H14N2O2S3/c1-2-9(10-4-3-5-16-10)13-18(14,15)11-6-8(12)7-17-11/h3-7,9,13H,2,12H2,1H3. The third kappa shape index (κ3) is 2.92. The Morgan fingerprint density at radius 3 is 2.72 bits per heavy atom. The van der Waals surface area contributed by atoms with Crippen LogP contribution in [-0.4, -0.2) is 8.42 Å². The molecule has 7 heteroatoms. The molecule has 98 valence electrons. The van der Waals surface area contributed by atoms with Crippen molar-refractivity contribution < 1.29 is 8.42 Å². The lowest BCUT2D eigenvalue weighted by Gasteiger charge is -2.14. The fourth-order valence-electron chi connectivity index (χ4n) is 1.55. The van der Waals surface area contributed by atoms with Crippen molar-refractivity contribution in [3.8, 4) is 0 Å². The zero-order chi connectivity index (χ0) is 13.2. The molecule has 2 aromatic heterocycles. The molecule has 0 fully saturated rings. The van der Waals surface area contributed by atoms with Crippen LogP contribution in [0.3, 0.4) is 0 Å². The van der Waals surface area contributed by atoms with Crippen molar-refractivity contribution in [1.29, 1.82) is 0 Å². The number of thiophene rings is 2. The van der Waals surface area contributed by atoms with E-state index in [1.54, 1.807) is 16.7 Å². The second-order valence-electron chi connectivity index (χ2n) is 3.80. The first kappa shape index (κ1) is 13.5. The topological polar surface area (TPSA) is 72.2 Å². The van der Waals surface area contributed by atoms with Crippen LogP contribution in [0, 0.1) is 0 Å². The van der Waals surface area contributed by atoms with E-state index in [9.17, 15) is 8.42 Å². The Morgan fingerprint density at radius 1 is 1.44 bits per heavy atom. The van der Waals surface area contributed by atoms with Gasteiger partial charge in [-0.15, -0.1) is 22.7 Å². The van der Waals surface area contributed by atoms with E-state index in [4.69, 9.17) is 5.73 Å². The molecule has 0 bridgehead atoms. The summed E-state index contributed by atoms with van der Waals surface area (Å²) in [7, 11) is -3.48. The van der Waals surface area contributed by atoms with Crippen LogP contribution in [0.15, 0.2) is 33.2 Å². The number of anilines is 1. The predicted molar refractivity (Wildman–Crippen MR) is 76.4 cm³/mol. The Bertz CT molecular complexity index is 602. The van der Waals surface area contributed by atoms with Gasteiger partial charge in [-0.3, -0.25) is 0 Å². The van der Waals surface area contributed by atoms with Gasteiger partial charge >= 0.3 is 0 Å². The van der Waals surface area contributed by atoms with Crippen LogP contribution in [0.25, 0.3) is 0 Å². The molecule has 3 N–H and O–H groups in total. The van der Waals surface area contributed by atoms with Gasteiger partial charge in [-0.1, -0.05) is 13.0 Å². The number of nitrogens with one attached hydrogen (secondary N) is 1. The van der Waals surface area contributed by atoms with Crippen molar-refractivity contribution in [3.05, 3.63) is 33.8 Å². The molecule has 2 aromatic rings. The summed E-state index contributed by atoms with van der Waals surface area (Å²) >= 11 is 2.68. The van der Waals surface area contributed by atoms with E-state index in [0.29, 0.717) is 12.1 Å². The van der Waals surface area contributed by atoms with E-state index in [0.717, 1.165) is 16.2 Å². The van der Waals surface area contributed by atoms with E-state index in [1.165, 1.54) is 6.07 Å². The molecule has 0 saturated carbocycles. The van der Waals surface area contributed by atoms with Crippen LogP contribution in [0.2, 0.25) is 0 Å². The summed E-state index contributed by atoms with van der Waals surface area (Å²) in [6, 6.07) is 5.15. The van der Waals surface area contributed by atoms with Crippen molar-refractivity contribution in [1.82, 2.24) is 4.72 Å². The van der Waals surface area contributed by atoms with Gasteiger partial charge in [-0.05, 0) is 23.9 Å². The van der Waals surface area contributed by atoms with Gasteiger partial charge in [0.05, 0.1) is 6.04 Å². The molecule has 2 rings (SSSR count). The molecule has 4 nitrogen and oxygen atoms in total. The predicted octanol–water partition coefficient (Wildman–Crippen LogP) is 2.82. The average Bonchev–Trinajstić information content (AvgIpc) is 2.96. The second kappa shape index (κ2) is 5.40. The third-order valence-corrected chi connectivity index (χ3v) is 6.37. The lowest BCUT2D eigenvalue weighted by molar-refractivity contribution is 0.555. The maximum atomic E-state index is 12.2. The fraction of sp³-hybridized carbons (Fsp3) is 0.273. The lowest BCUT2D eigenvalue weighted by Crippen LogP contribution is -2.27. The summed E-state index contributed by atoms with van der Waals surface area (Å²) in [5, 5.41) is 3.57. The van der Waals surface area contributed by atoms with Crippen LogP contribution in [0.4, 0.5) is 5.69 Å². The number of rotatable bonds is 5. The van der Waals surface area contributed by atoms with E-state index in [1.807, 2.05) is 24.4 Å². The summed E-state index contributed by atoms with van der Waals surface area (Å²) in [6.45, 7) is 1.95. The Balaban J connectivity index is 2.22. The smallest absolute Gasteiger partial charge is 0.250 e. The van der Waals surface area contributed by atoms with Gasteiger partial charge in [0.15, 0.2) is 0 Å². The number of hydrogen-bond acceptors (Lipinski definition) is 5. The van der Waals surface area contributed by atoms with Crippen LogP contribution in [0.1, 0.15) is 24.3 Å². The lowest BCUT2D eigenvalue weighted by atomic mass is 10.2. The first-order chi connectivity index (χ1) is 8.53. The molecule has 0 spiro atoms. The molecule has 0 aliphatic carbocycles. The quantitative estimate of drug-likeness (QED) is 0.892. The highest BCUT2D eigenvalue weighted by molar-refractivity contribution is 7.91.